The van der Waals surface area contributed by atoms with Gasteiger partial charge in [-0.25, -0.2) is 0 Å². The fourth-order valence-corrected chi connectivity index (χ4v) is 8.51. The lowest BCUT2D eigenvalue weighted by atomic mass is 9.40. The molecule has 3 N–H and O–H groups in total. The van der Waals surface area contributed by atoms with Gasteiger partial charge in [0.15, 0.2) is 0 Å². The Morgan fingerprint density at radius 3 is 2.26 bits per heavy atom. The number of fused-ring (bicyclic) bond motifs is 3. The second-order valence-electron chi connectivity index (χ2n) is 10.7. The molecule has 23 heavy (non-hydrogen) atoms. The molecule has 0 radical (unpaired) electrons. The number of hydrogen-bond donors (Lipinski definition) is 3. The molecule has 3 heteroatoms. The van der Waals surface area contributed by atoms with Crippen molar-refractivity contribution in [2.24, 2.45) is 34.0 Å². The van der Waals surface area contributed by atoms with Crippen molar-refractivity contribution in [1.29, 1.82) is 0 Å². The summed E-state index contributed by atoms with van der Waals surface area (Å²) in [7, 11) is 0. The van der Waals surface area contributed by atoms with Gasteiger partial charge in [0.1, 0.15) is 0 Å². The maximum absolute atomic E-state index is 11.2. The molecule has 4 fully saturated rings. The standard InChI is InChI=1S/C20H34O3/c1-17(2)8-13(21)9-18(3)15-6-5-12-7-20(15,11-19(12,4)23)10-14(22)16(17)18/h12-16,21-23H,5-11H2,1-4H3/t12-,13-,14+,15-,16+,18-,19+,20+/m1/s1. The molecule has 0 aliphatic heterocycles. The van der Waals surface area contributed by atoms with Gasteiger partial charge in [0.2, 0.25) is 0 Å². The zero-order valence-electron chi connectivity index (χ0n) is 15.2. The van der Waals surface area contributed by atoms with Crippen LogP contribution in [0.15, 0.2) is 0 Å². The minimum absolute atomic E-state index is 0.00970. The second kappa shape index (κ2) is 4.53. The number of hydrogen-bond acceptors (Lipinski definition) is 3. The van der Waals surface area contributed by atoms with Crippen LogP contribution in [-0.4, -0.2) is 33.1 Å². The van der Waals surface area contributed by atoms with Crippen molar-refractivity contribution in [2.75, 3.05) is 0 Å². The molecule has 3 nitrogen and oxygen atoms in total. The normalized spacial score (nSPS) is 60.9. The number of rotatable bonds is 0. The summed E-state index contributed by atoms with van der Waals surface area (Å²) in [6.07, 6.45) is 6.08. The third kappa shape index (κ3) is 2.05. The summed E-state index contributed by atoms with van der Waals surface area (Å²) < 4.78 is 0. The van der Waals surface area contributed by atoms with E-state index < -0.39 is 5.60 Å². The summed E-state index contributed by atoms with van der Waals surface area (Å²) >= 11 is 0. The first-order valence-corrected chi connectivity index (χ1v) is 9.59. The number of aliphatic hydroxyl groups is 3. The van der Waals surface area contributed by atoms with Crippen LogP contribution >= 0.6 is 0 Å². The fraction of sp³-hybridized carbons (Fsp3) is 1.00. The van der Waals surface area contributed by atoms with Crippen molar-refractivity contribution in [3.8, 4) is 0 Å². The van der Waals surface area contributed by atoms with Crippen LogP contribution in [0.2, 0.25) is 0 Å². The van der Waals surface area contributed by atoms with E-state index in [2.05, 4.69) is 20.8 Å². The van der Waals surface area contributed by atoms with Gasteiger partial charge in [0, 0.05) is 0 Å². The third-order valence-corrected chi connectivity index (χ3v) is 8.57. The summed E-state index contributed by atoms with van der Waals surface area (Å²) in [5.74, 6) is 1.19. The van der Waals surface area contributed by atoms with Crippen molar-refractivity contribution in [1.82, 2.24) is 0 Å². The molecular weight excluding hydrogens is 288 g/mol. The molecule has 0 aromatic rings. The Hall–Kier alpha value is -0.120. The van der Waals surface area contributed by atoms with Gasteiger partial charge in [-0.1, -0.05) is 20.8 Å². The molecular formula is C20H34O3. The maximum Gasteiger partial charge on any atom is 0.0653 e. The van der Waals surface area contributed by atoms with Crippen LogP contribution in [0.3, 0.4) is 0 Å². The highest BCUT2D eigenvalue weighted by Gasteiger charge is 2.69. The Kier molecular flexibility index (Phi) is 3.22. The van der Waals surface area contributed by atoms with Gasteiger partial charge in [0.05, 0.1) is 17.8 Å². The highest BCUT2D eigenvalue weighted by atomic mass is 16.3. The smallest absolute Gasteiger partial charge is 0.0653 e. The van der Waals surface area contributed by atoms with Gasteiger partial charge >= 0.3 is 0 Å². The van der Waals surface area contributed by atoms with Crippen molar-refractivity contribution in [3.05, 3.63) is 0 Å². The summed E-state index contributed by atoms with van der Waals surface area (Å²) in [5.41, 5.74) is -0.514. The topological polar surface area (TPSA) is 60.7 Å². The SMILES string of the molecule is CC1(C)C[C@@H](O)C[C@@]2(C)[C@H]1[C@@H](O)C[C@]13C[C@@H](CC[C@@H]12)[C@@](C)(O)C3. The molecule has 8 atom stereocenters. The van der Waals surface area contributed by atoms with E-state index in [4.69, 9.17) is 0 Å². The van der Waals surface area contributed by atoms with Crippen LogP contribution in [0.4, 0.5) is 0 Å². The van der Waals surface area contributed by atoms with Gasteiger partial charge < -0.3 is 15.3 Å². The van der Waals surface area contributed by atoms with Gasteiger partial charge in [-0.15, -0.1) is 0 Å². The van der Waals surface area contributed by atoms with E-state index in [-0.39, 0.29) is 34.4 Å². The molecule has 0 aromatic carbocycles. The Balaban J connectivity index is 1.79. The molecule has 0 heterocycles. The minimum atomic E-state index is -0.569. The van der Waals surface area contributed by atoms with Gasteiger partial charge in [-0.05, 0) is 85.9 Å². The van der Waals surface area contributed by atoms with E-state index in [1.807, 2.05) is 6.92 Å². The highest BCUT2D eigenvalue weighted by Crippen LogP contribution is 2.72. The average Bonchev–Trinajstić information content (AvgIpc) is 2.51. The molecule has 2 bridgehead atoms. The Morgan fingerprint density at radius 2 is 1.57 bits per heavy atom. The summed E-state index contributed by atoms with van der Waals surface area (Å²) in [4.78, 5) is 0. The van der Waals surface area contributed by atoms with Gasteiger partial charge in [0.25, 0.3) is 0 Å². The van der Waals surface area contributed by atoms with E-state index in [0.29, 0.717) is 11.8 Å². The first kappa shape index (κ1) is 16.4. The van der Waals surface area contributed by atoms with Crippen LogP contribution in [-0.2, 0) is 0 Å². The zero-order valence-corrected chi connectivity index (χ0v) is 15.2. The largest absolute Gasteiger partial charge is 0.393 e. The van der Waals surface area contributed by atoms with E-state index in [1.54, 1.807) is 0 Å². The van der Waals surface area contributed by atoms with Gasteiger partial charge in [-0.2, -0.15) is 0 Å². The van der Waals surface area contributed by atoms with E-state index in [1.165, 1.54) is 0 Å². The Bertz CT molecular complexity index is 513. The van der Waals surface area contributed by atoms with Gasteiger partial charge in [-0.3, -0.25) is 0 Å². The van der Waals surface area contributed by atoms with Crippen LogP contribution in [0, 0.1) is 34.0 Å². The molecule has 4 aliphatic carbocycles. The van der Waals surface area contributed by atoms with E-state index in [9.17, 15) is 15.3 Å². The average molecular weight is 322 g/mol. The van der Waals surface area contributed by atoms with E-state index in [0.717, 1.165) is 44.9 Å². The van der Waals surface area contributed by atoms with Crippen LogP contribution in [0.25, 0.3) is 0 Å². The second-order valence-corrected chi connectivity index (χ2v) is 10.7. The molecule has 0 saturated heterocycles. The molecule has 4 saturated carbocycles. The fourth-order valence-electron chi connectivity index (χ4n) is 8.51. The lowest BCUT2D eigenvalue weighted by Gasteiger charge is -2.66. The van der Waals surface area contributed by atoms with Crippen LogP contribution < -0.4 is 0 Å². The summed E-state index contributed by atoms with van der Waals surface area (Å²) in [6, 6.07) is 0. The van der Waals surface area contributed by atoms with Crippen LogP contribution in [0.5, 0.6) is 0 Å². The lowest BCUT2D eigenvalue weighted by Crippen LogP contribution is -2.63. The Morgan fingerprint density at radius 1 is 0.870 bits per heavy atom. The third-order valence-electron chi connectivity index (χ3n) is 8.57. The van der Waals surface area contributed by atoms with Crippen molar-refractivity contribution in [3.63, 3.8) is 0 Å². The first-order valence-electron chi connectivity index (χ1n) is 9.59. The monoisotopic (exact) mass is 322 g/mol. The summed E-state index contributed by atoms with van der Waals surface area (Å²) in [6.45, 7) is 8.81. The molecule has 132 valence electrons. The van der Waals surface area contributed by atoms with Crippen molar-refractivity contribution in [2.45, 2.75) is 90.4 Å². The summed E-state index contributed by atoms with van der Waals surface area (Å²) in [5, 5.41) is 32.6. The molecule has 0 amide bonds. The van der Waals surface area contributed by atoms with Crippen molar-refractivity contribution < 1.29 is 15.3 Å². The maximum atomic E-state index is 11.2. The first-order chi connectivity index (χ1) is 10.5. The lowest BCUT2D eigenvalue weighted by molar-refractivity contribution is -0.216. The Labute approximate surface area is 140 Å². The molecule has 1 spiro atoms. The molecule has 0 aromatic heterocycles. The highest BCUT2D eigenvalue weighted by molar-refractivity contribution is 5.18. The molecule has 0 unspecified atom stereocenters. The minimum Gasteiger partial charge on any atom is -0.393 e. The van der Waals surface area contributed by atoms with E-state index >= 15 is 0 Å². The van der Waals surface area contributed by atoms with Crippen LogP contribution in [0.1, 0.15) is 72.6 Å². The zero-order chi connectivity index (χ0) is 16.8. The van der Waals surface area contributed by atoms with Crippen molar-refractivity contribution >= 4 is 0 Å². The number of aliphatic hydroxyl groups excluding tert-OH is 2. The predicted molar refractivity (Wildman–Crippen MR) is 89.7 cm³/mol. The quantitative estimate of drug-likeness (QED) is 0.642. The molecule has 4 rings (SSSR count). The predicted octanol–water partition coefficient (Wildman–Crippen LogP) is 3.11. The molecule has 4 aliphatic rings.